The summed E-state index contributed by atoms with van der Waals surface area (Å²) >= 11 is 0. The molecule has 0 aliphatic carbocycles. The van der Waals surface area contributed by atoms with Gasteiger partial charge in [-0.05, 0) is 13.8 Å². The molecular formula is C8H17N3O. The van der Waals surface area contributed by atoms with Gasteiger partial charge in [0.2, 0.25) is 0 Å². The van der Waals surface area contributed by atoms with Crippen LogP contribution < -0.4 is 5.73 Å². The first-order valence-corrected chi connectivity index (χ1v) is 4.28. The molecule has 0 aromatic rings. The van der Waals surface area contributed by atoms with Crippen molar-refractivity contribution in [1.29, 1.82) is 5.41 Å². The molecule has 0 saturated carbocycles. The Hall–Kier alpha value is -0.610. The van der Waals surface area contributed by atoms with Gasteiger partial charge in [-0.25, -0.2) is 0 Å². The van der Waals surface area contributed by atoms with Crippen LogP contribution in [0.4, 0.5) is 0 Å². The Labute approximate surface area is 73.2 Å². The van der Waals surface area contributed by atoms with Gasteiger partial charge in [0.25, 0.3) is 0 Å². The molecule has 1 heterocycles. The van der Waals surface area contributed by atoms with Gasteiger partial charge in [0.15, 0.2) is 0 Å². The van der Waals surface area contributed by atoms with E-state index in [1.54, 1.807) is 0 Å². The number of nitrogens with one attached hydrogen (secondary N) is 1. The lowest BCUT2D eigenvalue weighted by Gasteiger charge is -2.36. The molecule has 1 aliphatic rings. The molecule has 0 radical (unpaired) electrons. The van der Waals surface area contributed by atoms with Crippen LogP contribution in [-0.2, 0) is 4.74 Å². The zero-order valence-electron chi connectivity index (χ0n) is 7.71. The van der Waals surface area contributed by atoms with Gasteiger partial charge >= 0.3 is 0 Å². The summed E-state index contributed by atoms with van der Waals surface area (Å²) in [4.78, 5) is 2.18. The lowest BCUT2D eigenvalue weighted by Crippen LogP contribution is -2.50. The monoisotopic (exact) mass is 171 g/mol. The number of hydrogen-bond acceptors (Lipinski definition) is 3. The predicted octanol–water partition coefficient (Wildman–Crippen LogP) is 0.0316. The van der Waals surface area contributed by atoms with Gasteiger partial charge in [-0.3, -0.25) is 10.3 Å². The highest BCUT2D eigenvalue weighted by molar-refractivity contribution is 5.78. The Morgan fingerprint density at radius 3 is 2.92 bits per heavy atom. The fourth-order valence-corrected chi connectivity index (χ4v) is 1.41. The average molecular weight is 171 g/mol. The van der Waals surface area contributed by atoms with Crippen LogP contribution in [0.3, 0.4) is 0 Å². The van der Waals surface area contributed by atoms with E-state index >= 15 is 0 Å². The maximum Gasteiger partial charge on any atom is 0.105 e. The molecule has 2 atom stereocenters. The summed E-state index contributed by atoms with van der Waals surface area (Å²) in [5.41, 5.74) is 5.33. The first kappa shape index (κ1) is 9.48. The topological polar surface area (TPSA) is 62.3 Å². The Kier molecular flexibility index (Phi) is 3.05. The van der Waals surface area contributed by atoms with E-state index in [-0.39, 0.29) is 11.9 Å². The molecule has 0 bridgehead atoms. The highest BCUT2D eigenvalue weighted by Gasteiger charge is 2.23. The molecule has 1 aliphatic heterocycles. The van der Waals surface area contributed by atoms with Crippen LogP contribution in [0.1, 0.15) is 13.8 Å². The minimum absolute atomic E-state index is 0.232. The predicted molar refractivity (Wildman–Crippen MR) is 48.4 cm³/mol. The summed E-state index contributed by atoms with van der Waals surface area (Å²) in [7, 11) is 0. The second-order valence-electron chi connectivity index (χ2n) is 3.45. The van der Waals surface area contributed by atoms with Gasteiger partial charge < -0.3 is 10.5 Å². The molecule has 2 unspecified atom stereocenters. The SMILES string of the molecule is CC1CN(CC(=N)N)C(C)CO1. The van der Waals surface area contributed by atoms with Crippen molar-refractivity contribution in [2.45, 2.75) is 26.0 Å². The van der Waals surface area contributed by atoms with Crippen molar-refractivity contribution in [3.63, 3.8) is 0 Å². The number of ether oxygens (including phenoxy) is 1. The van der Waals surface area contributed by atoms with Crippen molar-refractivity contribution in [3.8, 4) is 0 Å². The number of amidine groups is 1. The molecule has 0 aromatic carbocycles. The Balaban J connectivity index is 2.43. The highest BCUT2D eigenvalue weighted by Crippen LogP contribution is 2.09. The Bertz CT molecular complexity index is 172. The van der Waals surface area contributed by atoms with Crippen molar-refractivity contribution < 1.29 is 4.74 Å². The summed E-state index contributed by atoms with van der Waals surface area (Å²) in [6, 6.07) is 0.380. The lowest BCUT2D eigenvalue weighted by molar-refractivity contribution is -0.0433. The summed E-state index contributed by atoms with van der Waals surface area (Å²) in [6.07, 6.45) is 0.264. The van der Waals surface area contributed by atoms with Crippen molar-refractivity contribution >= 4 is 5.84 Å². The second-order valence-corrected chi connectivity index (χ2v) is 3.45. The van der Waals surface area contributed by atoms with Crippen LogP contribution in [0.15, 0.2) is 0 Å². The first-order chi connectivity index (χ1) is 5.59. The van der Waals surface area contributed by atoms with Crippen molar-refractivity contribution in [3.05, 3.63) is 0 Å². The maximum atomic E-state index is 7.18. The smallest absolute Gasteiger partial charge is 0.105 e. The van der Waals surface area contributed by atoms with E-state index in [1.165, 1.54) is 0 Å². The minimum atomic E-state index is 0.232. The van der Waals surface area contributed by atoms with E-state index in [1.807, 2.05) is 6.92 Å². The van der Waals surface area contributed by atoms with Crippen LogP contribution in [0.2, 0.25) is 0 Å². The van der Waals surface area contributed by atoms with Gasteiger partial charge in [0.1, 0.15) is 5.84 Å². The molecule has 0 spiro atoms. The molecule has 3 N–H and O–H groups in total. The number of nitrogens with zero attached hydrogens (tertiary/aromatic N) is 1. The molecule has 12 heavy (non-hydrogen) atoms. The third-order valence-corrected chi connectivity index (χ3v) is 2.11. The molecule has 1 saturated heterocycles. The van der Waals surface area contributed by atoms with Gasteiger partial charge in [0, 0.05) is 12.6 Å². The molecule has 70 valence electrons. The number of hydrogen-bond donors (Lipinski definition) is 2. The van der Waals surface area contributed by atoms with E-state index in [4.69, 9.17) is 15.9 Å². The lowest BCUT2D eigenvalue weighted by atomic mass is 10.2. The molecule has 1 fully saturated rings. The van der Waals surface area contributed by atoms with Crippen molar-refractivity contribution in [2.24, 2.45) is 5.73 Å². The van der Waals surface area contributed by atoms with Crippen molar-refractivity contribution in [1.82, 2.24) is 4.90 Å². The Morgan fingerprint density at radius 1 is 1.67 bits per heavy atom. The quantitative estimate of drug-likeness (QED) is 0.455. The number of morpholine rings is 1. The van der Waals surface area contributed by atoms with Crippen molar-refractivity contribution in [2.75, 3.05) is 19.7 Å². The van der Waals surface area contributed by atoms with Gasteiger partial charge in [0.05, 0.1) is 19.3 Å². The fraction of sp³-hybridized carbons (Fsp3) is 0.875. The van der Waals surface area contributed by atoms with E-state index in [9.17, 15) is 0 Å². The molecule has 4 nitrogen and oxygen atoms in total. The molecular weight excluding hydrogens is 154 g/mol. The van der Waals surface area contributed by atoms with Crippen LogP contribution in [-0.4, -0.2) is 42.6 Å². The molecule has 0 amide bonds. The summed E-state index contributed by atoms with van der Waals surface area (Å²) < 4.78 is 5.45. The zero-order chi connectivity index (χ0) is 9.14. The Morgan fingerprint density at radius 2 is 2.33 bits per heavy atom. The van der Waals surface area contributed by atoms with E-state index < -0.39 is 0 Å². The second kappa shape index (κ2) is 3.87. The highest BCUT2D eigenvalue weighted by atomic mass is 16.5. The standard InChI is InChI=1S/C8H17N3O/c1-6-5-12-7(2)3-11(6)4-8(9)10/h6-7H,3-5H2,1-2H3,(H3,9,10). The van der Waals surface area contributed by atoms with Crippen LogP contribution in [0, 0.1) is 5.41 Å². The minimum Gasteiger partial charge on any atom is -0.387 e. The first-order valence-electron chi connectivity index (χ1n) is 4.28. The van der Waals surface area contributed by atoms with Crippen LogP contribution >= 0.6 is 0 Å². The summed E-state index contributed by atoms with van der Waals surface area (Å²) in [5, 5.41) is 7.18. The fourth-order valence-electron chi connectivity index (χ4n) is 1.41. The third-order valence-electron chi connectivity index (χ3n) is 2.11. The maximum absolute atomic E-state index is 7.18. The van der Waals surface area contributed by atoms with Gasteiger partial charge in [-0.15, -0.1) is 0 Å². The average Bonchev–Trinajstić information content (AvgIpc) is 1.96. The van der Waals surface area contributed by atoms with E-state index in [2.05, 4.69) is 11.8 Å². The molecule has 0 aromatic heterocycles. The molecule has 1 rings (SSSR count). The zero-order valence-corrected chi connectivity index (χ0v) is 7.71. The van der Waals surface area contributed by atoms with Gasteiger partial charge in [-0.1, -0.05) is 0 Å². The summed E-state index contributed by atoms with van der Waals surface area (Å²) in [6.45, 7) is 6.32. The van der Waals surface area contributed by atoms with Crippen LogP contribution in [0.5, 0.6) is 0 Å². The van der Waals surface area contributed by atoms with E-state index in [0.29, 0.717) is 12.6 Å². The normalized spacial score (nSPS) is 31.8. The molecule has 4 heteroatoms. The van der Waals surface area contributed by atoms with Gasteiger partial charge in [-0.2, -0.15) is 0 Å². The summed E-state index contributed by atoms with van der Waals surface area (Å²) in [5.74, 6) is 0.232. The van der Waals surface area contributed by atoms with E-state index in [0.717, 1.165) is 13.2 Å². The van der Waals surface area contributed by atoms with Crippen LogP contribution in [0.25, 0.3) is 0 Å². The largest absolute Gasteiger partial charge is 0.387 e. The third kappa shape index (κ3) is 2.46. The number of nitrogens with two attached hydrogens (primary N) is 1. The number of rotatable bonds is 2.